The lowest BCUT2D eigenvalue weighted by Crippen LogP contribution is -2.19. The molecular weight excluding hydrogens is 356 g/mol. The van der Waals surface area contributed by atoms with Crippen LogP contribution < -0.4 is 10.4 Å². The van der Waals surface area contributed by atoms with Gasteiger partial charge >= 0.3 is 11.6 Å². The number of benzene rings is 2. The summed E-state index contributed by atoms with van der Waals surface area (Å²) in [7, 11) is 2.85. The van der Waals surface area contributed by atoms with Gasteiger partial charge in [-0.25, -0.2) is 4.79 Å². The van der Waals surface area contributed by atoms with Crippen molar-refractivity contribution in [3.8, 4) is 5.75 Å². The van der Waals surface area contributed by atoms with Crippen LogP contribution in [0.15, 0.2) is 57.7 Å². The molecule has 0 radical (unpaired) electrons. The molecule has 0 bridgehead atoms. The molecule has 1 heterocycles. The third kappa shape index (κ3) is 3.73. The molecule has 0 N–H and O–H groups in total. The largest absolute Gasteiger partial charge is 0.497 e. The predicted octanol–water partition coefficient (Wildman–Crippen LogP) is 3.95. The van der Waals surface area contributed by atoms with Gasteiger partial charge in [0.05, 0.1) is 20.1 Å². The topological polar surface area (TPSA) is 65.7 Å². The van der Waals surface area contributed by atoms with Crippen LogP contribution in [0, 0.1) is 0 Å². The van der Waals surface area contributed by atoms with E-state index in [1.165, 1.54) is 20.3 Å². The van der Waals surface area contributed by atoms with E-state index >= 15 is 0 Å². The Morgan fingerprint density at radius 2 is 1.96 bits per heavy atom. The summed E-state index contributed by atoms with van der Waals surface area (Å²) in [6, 6.07) is 13.7. The minimum atomic E-state index is -0.668. The maximum absolute atomic E-state index is 12.5. The number of carbonyl (C=O) groups is 1. The van der Waals surface area contributed by atoms with Gasteiger partial charge in [-0.3, -0.25) is 4.79 Å². The van der Waals surface area contributed by atoms with Crippen molar-refractivity contribution >= 4 is 28.5 Å². The van der Waals surface area contributed by atoms with Gasteiger partial charge in [0.15, 0.2) is 0 Å². The highest BCUT2D eigenvalue weighted by atomic mass is 35.5. The summed E-state index contributed by atoms with van der Waals surface area (Å²) < 4.78 is 15.4. The first-order valence-corrected chi connectivity index (χ1v) is 8.33. The molecule has 0 aliphatic heterocycles. The summed E-state index contributed by atoms with van der Waals surface area (Å²) >= 11 is 6.05. The van der Waals surface area contributed by atoms with Crippen LogP contribution in [0.5, 0.6) is 5.75 Å². The van der Waals surface area contributed by atoms with Crippen molar-refractivity contribution in [3.05, 3.63) is 75.1 Å². The van der Waals surface area contributed by atoms with E-state index in [1.807, 2.05) is 12.1 Å². The Morgan fingerprint density at radius 1 is 1.15 bits per heavy atom. The number of hydrogen-bond acceptors (Lipinski definition) is 5. The van der Waals surface area contributed by atoms with Crippen molar-refractivity contribution in [2.75, 3.05) is 14.2 Å². The van der Waals surface area contributed by atoms with Crippen LogP contribution >= 0.6 is 11.6 Å². The van der Waals surface area contributed by atoms with Gasteiger partial charge in [-0.2, -0.15) is 0 Å². The van der Waals surface area contributed by atoms with E-state index in [9.17, 15) is 9.59 Å². The second kappa shape index (κ2) is 7.62. The Bertz CT molecular complexity index is 1010. The highest BCUT2D eigenvalue weighted by molar-refractivity contribution is 6.30. The second-order valence-electron chi connectivity index (χ2n) is 5.79. The molecule has 0 aliphatic carbocycles. The molecule has 0 unspecified atom stereocenters. The minimum Gasteiger partial charge on any atom is -0.497 e. The third-order valence-electron chi connectivity index (χ3n) is 4.17. The van der Waals surface area contributed by atoms with Gasteiger partial charge in [0, 0.05) is 22.5 Å². The summed E-state index contributed by atoms with van der Waals surface area (Å²) in [4.78, 5) is 24.5. The summed E-state index contributed by atoms with van der Waals surface area (Å²) in [5, 5.41) is 1.23. The van der Waals surface area contributed by atoms with Crippen LogP contribution in [0.2, 0.25) is 5.02 Å². The molecule has 0 saturated heterocycles. The molecule has 0 saturated carbocycles. The van der Waals surface area contributed by atoms with Crippen molar-refractivity contribution in [1.82, 2.24) is 0 Å². The summed E-state index contributed by atoms with van der Waals surface area (Å²) in [5.41, 5.74) is 1.22. The normalized spacial score (nSPS) is 12.0. The molecule has 1 aromatic heterocycles. The first-order valence-electron chi connectivity index (χ1n) is 7.96. The fourth-order valence-electron chi connectivity index (χ4n) is 2.95. The van der Waals surface area contributed by atoms with Gasteiger partial charge in [-0.15, -0.1) is 0 Å². The Balaban J connectivity index is 2.14. The minimum absolute atomic E-state index is 0.345. The maximum atomic E-state index is 12.5. The van der Waals surface area contributed by atoms with Crippen molar-refractivity contribution in [3.63, 3.8) is 0 Å². The number of rotatable bonds is 5. The Morgan fingerprint density at radius 3 is 2.65 bits per heavy atom. The number of carbonyl (C=O) groups excluding carboxylic acids is 1. The Hall–Kier alpha value is -2.79. The van der Waals surface area contributed by atoms with Crippen LogP contribution in [0.25, 0.3) is 11.0 Å². The van der Waals surface area contributed by atoms with Crippen molar-refractivity contribution in [1.29, 1.82) is 0 Å². The van der Waals surface area contributed by atoms with E-state index in [-0.39, 0.29) is 0 Å². The first kappa shape index (κ1) is 18.0. The molecule has 6 heteroatoms. The Labute approximate surface area is 155 Å². The van der Waals surface area contributed by atoms with Gasteiger partial charge in [-0.1, -0.05) is 23.7 Å². The zero-order valence-electron chi connectivity index (χ0n) is 14.3. The highest BCUT2D eigenvalue weighted by Gasteiger charge is 2.25. The van der Waals surface area contributed by atoms with Gasteiger partial charge in [0.25, 0.3) is 0 Å². The molecule has 2 aromatic carbocycles. The maximum Gasteiger partial charge on any atom is 0.336 e. The van der Waals surface area contributed by atoms with Gasteiger partial charge in [-0.05, 0) is 41.8 Å². The summed E-state index contributed by atoms with van der Waals surface area (Å²) in [6.45, 7) is 0. The molecule has 0 amide bonds. The van der Waals surface area contributed by atoms with Crippen molar-refractivity contribution < 1.29 is 18.7 Å². The first-order chi connectivity index (χ1) is 12.5. The van der Waals surface area contributed by atoms with Crippen LogP contribution in [-0.2, 0) is 16.0 Å². The van der Waals surface area contributed by atoms with Gasteiger partial charge in [0.1, 0.15) is 11.3 Å². The molecule has 0 aliphatic rings. The third-order valence-corrected chi connectivity index (χ3v) is 4.41. The van der Waals surface area contributed by atoms with Crippen LogP contribution in [0.1, 0.15) is 17.0 Å². The average Bonchev–Trinajstić information content (AvgIpc) is 2.64. The molecule has 26 heavy (non-hydrogen) atoms. The fourth-order valence-corrected chi connectivity index (χ4v) is 3.16. The molecule has 1 atom stereocenters. The monoisotopic (exact) mass is 372 g/mol. The molecular formula is C20H17ClO5. The number of fused-ring (bicyclic) bond motifs is 1. The lowest BCUT2D eigenvalue weighted by molar-refractivity contribution is -0.142. The molecule has 134 valence electrons. The van der Waals surface area contributed by atoms with E-state index in [1.54, 1.807) is 30.3 Å². The van der Waals surface area contributed by atoms with E-state index in [2.05, 4.69) is 0 Å². The van der Waals surface area contributed by atoms with Gasteiger partial charge < -0.3 is 13.9 Å². The quantitative estimate of drug-likeness (QED) is 0.501. The number of methoxy groups -OCH3 is 2. The number of halogens is 1. The summed E-state index contributed by atoms with van der Waals surface area (Å²) in [6.07, 6.45) is 0.345. The Kier molecular flexibility index (Phi) is 5.28. The molecule has 0 fully saturated rings. The molecule has 0 spiro atoms. The number of hydrogen-bond donors (Lipinski definition) is 0. The highest BCUT2D eigenvalue weighted by Crippen LogP contribution is 2.30. The van der Waals surface area contributed by atoms with Crippen molar-refractivity contribution in [2.45, 2.75) is 12.3 Å². The second-order valence-corrected chi connectivity index (χ2v) is 6.23. The standard InChI is InChI=1S/C20H17ClO5/c1-24-14-6-7-15-16(11-19(22)26-18(15)10-14)17(20(23)25-2)9-12-4-3-5-13(21)8-12/h3-8,10-11,17H,9H2,1-2H3/t17-/m0/s1. The van der Waals surface area contributed by atoms with Gasteiger partial charge in [0.2, 0.25) is 0 Å². The van der Waals surface area contributed by atoms with Crippen LogP contribution in [-0.4, -0.2) is 20.2 Å². The van der Waals surface area contributed by atoms with E-state index < -0.39 is 17.5 Å². The predicted molar refractivity (Wildman–Crippen MR) is 98.9 cm³/mol. The molecule has 3 aromatic rings. The van der Waals surface area contributed by atoms with E-state index in [4.69, 9.17) is 25.5 Å². The van der Waals surface area contributed by atoms with Crippen LogP contribution in [0.4, 0.5) is 0 Å². The lowest BCUT2D eigenvalue weighted by Gasteiger charge is -2.17. The number of ether oxygens (including phenoxy) is 2. The van der Waals surface area contributed by atoms with Crippen LogP contribution in [0.3, 0.4) is 0 Å². The molecule has 3 rings (SSSR count). The fraction of sp³-hybridized carbons (Fsp3) is 0.200. The zero-order chi connectivity index (χ0) is 18.7. The summed E-state index contributed by atoms with van der Waals surface area (Å²) in [5.74, 6) is -0.548. The number of esters is 1. The van der Waals surface area contributed by atoms with Crippen molar-refractivity contribution in [2.24, 2.45) is 0 Å². The average molecular weight is 373 g/mol. The molecule has 5 nitrogen and oxygen atoms in total. The smallest absolute Gasteiger partial charge is 0.336 e. The van der Waals surface area contributed by atoms with E-state index in [0.29, 0.717) is 33.7 Å². The SMILES string of the molecule is COC(=O)[C@@H](Cc1cccc(Cl)c1)c1cc(=O)oc2cc(OC)ccc12. The van der Waals surface area contributed by atoms with E-state index in [0.717, 1.165) is 5.56 Å². The lowest BCUT2D eigenvalue weighted by atomic mass is 9.90. The zero-order valence-corrected chi connectivity index (χ0v) is 15.1.